The Balaban J connectivity index is 2.17. The highest BCUT2D eigenvalue weighted by molar-refractivity contribution is 6.55. The van der Waals surface area contributed by atoms with Crippen LogP contribution in [0, 0.1) is 17.3 Å². The molecule has 21 heavy (non-hydrogen) atoms. The zero-order valence-electron chi connectivity index (χ0n) is 11.5. The second-order valence-electron chi connectivity index (χ2n) is 5.60. The van der Waals surface area contributed by atoms with Gasteiger partial charge in [-0.15, -0.1) is 0 Å². The number of carbonyl (C=O) groups excluding carboxylic acids is 2. The molecule has 4 nitrogen and oxygen atoms in total. The van der Waals surface area contributed by atoms with Crippen LogP contribution in [-0.2, 0) is 4.79 Å². The van der Waals surface area contributed by atoms with E-state index in [-0.39, 0.29) is 38.9 Å². The Morgan fingerprint density at radius 3 is 2.48 bits per heavy atom. The number of halogens is 2. The third-order valence-electron chi connectivity index (χ3n) is 3.90. The molecule has 0 heterocycles. The molecule has 1 fully saturated rings. The van der Waals surface area contributed by atoms with E-state index in [1.807, 2.05) is 13.8 Å². The number of carboxylic acid groups (broad SMARTS) is 1. The molecule has 1 aromatic rings. The average molecular weight is 327 g/mol. The quantitative estimate of drug-likeness (QED) is 0.924. The normalized spacial score (nSPS) is 22.3. The van der Waals surface area contributed by atoms with Crippen molar-refractivity contribution in [2.24, 2.45) is 17.3 Å². The summed E-state index contributed by atoms with van der Waals surface area (Å²) in [5.41, 5.74) is -0.0908. The molecule has 1 N–H and O–H groups in total. The van der Waals surface area contributed by atoms with Crippen molar-refractivity contribution < 1.29 is 14.7 Å². The van der Waals surface area contributed by atoms with E-state index in [0.717, 1.165) is 0 Å². The van der Waals surface area contributed by atoms with Crippen LogP contribution in [-0.4, -0.2) is 11.9 Å². The highest BCUT2D eigenvalue weighted by Gasteiger charge is 2.60. The number of hydrogen-bond acceptors (Lipinski definition) is 3. The first-order valence-corrected chi connectivity index (χ1v) is 7.14. The van der Waals surface area contributed by atoms with Crippen LogP contribution >= 0.6 is 23.2 Å². The molecule has 0 bridgehead atoms. The van der Waals surface area contributed by atoms with E-state index in [1.165, 1.54) is 12.1 Å². The summed E-state index contributed by atoms with van der Waals surface area (Å²) in [4.78, 5) is 23.3. The summed E-state index contributed by atoms with van der Waals surface area (Å²) in [7, 11) is 0. The molecule has 0 aliphatic heterocycles. The molecular formula is C15H14Cl2NO3-. The molecule has 0 radical (unpaired) electrons. The number of hydrogen-bond donors (Lipinski definition) is 1. The van der Waals surface area contributed by atoms with Crippen LogP contribution in [0.15, 0.2) is 34.8 Å². The maximum absolute atomic E-state index is 12.3. The fourth-order valence-electron chi connectivity index (χ4n) is 2.61. The number of rotatable bonds is 4. The van der Waals surface area contributed by atoms with Gasteiger partial charge in [0.25, 0.3) is 0 Å². The summed E-state index contributed by atoms with van der Waals surface area (Å²) in [6.45, 7) is 3.86. The van der Waals surface area contributed by atoms with Gasteiger partial charge in [-0.3, -0.25) is 4.79 Å². The highest BCUT2D eigenvalue weighted by Crippen LogP contribution is 2.60. The second kappa shape index (κ2) is 5.70. The lowest BCUT2D eigenvalue weighted by Crippen LogP contribution is -2.25. The number of anilines is 1. The van der Waals surface area contributed by atoms with Crippen molar-refractivity contribution >= 4 is 40.8 Å². The smallest absolute Gasteiger partial charge is 0.228 e. The van der Waals surface area contributed by atoms with Gasteiger partial charge in [-0.25, -0.2) is 0 Å². The van der Waals surface area contributed by atoms with Crippen LogP contribution in [0.25, 0.3) is 0 Å². The molecule has 0 unspecified atom stereocenters. The van der Waals surface area contributed by atoms with Gasteiger partial charge in [0, 0.05) is 11.3 Å². The number of nitrogens with one attached hydrogen (secondary N) is 1. The minimum absolute atomic E-state index is 0.0493. The fourth-order valence-corrected chi connectivity index (χ4v) is 2.88. The number of amides is 1. The Bertz CT molecular complexity index is 621. The second-order valence-corrected chi connectivity index (χ2v) is 6.61. The molecule has 6 heteroatoms. The SMILES string of the molecule is CC1(C)[C@H](C(=O)Nc2ccccc2C(=O)[O-])[C@@H]1C=C(Cl)Cl. The number of carboxylic acids is 1. The average Bonchev–Trinajstić information content (AvgIpc) is 2.90. The third kappa shape index (κ3) is 3.22. The van der Waals surface area contributed by atoms with Crippen LogP contribution in [0.3, 0.4) is 0 Å². The Hall–Kier alpha value is -1.52. The Labute approximate surface area is 132 Å². The number of benzene rings is 1. The van der Waals surface area contributed by atoms with Gasteiger partial charge in [0.15, 0.2) is 0 Å². The minimum Gasteiger partial charge on any atom is -0.545 e. The topological polar surface area (TPSA) is 69.2 Å². The highest BCUT2D eigenvalue weighted by atomic mass is 35.5. The molecule has 0 saturated heterocycles. The number of allylic oxidation sites excluding steroid dienone is 1. The first-order valence-electron chi connectivity index (χ1n) is 6.39. The lowest BCUT2D eigenvalue weighted by Gasteiger charge is -2.12. The van der Waals surface area contributed by atoms with Gasteiger partial charge in [-0.1, -0.05) is 55.2 Å². The molecule has 2 atom stereocenters. The molecule has 1 aliphatic carbocycles. The lowest BCUT2D eigenvalue weighted by atomic mass is 10.1. The van der Waals surface area contributed by atoms with Crippen molar-refractivity contribution in [1.82, 2.24) is 0 Å². The van der Waals surface area contributed by atoms with Crippen LogP contribution in [0.1, 0.15) is 24.2 Å². The fraction of sp³-hybridized carbons (Fsp3) is 0.333. The van der Waals surface area contributed by atoms with Crippen molar-refractivity contribution in [2.75, 3.05) is 5.32 Å². The molecule has 1 saturated carbocycles. The first kappa shape index (κ1) is 15.9. The molecule has 0 spiro atoms. The van der Waals surface area contributed by atoms with Crippen molar-refractivity contribution in [3.05, 3.63) is 40.4 Å². The van der Waals surface area contributed by atoms with E-state index < -0.39 is 5.97 Å². The van der Waals surface area contributed by atoms with Crippen LogP contribution < -0.4 is 10.4 Å². The monoisotopic (exact) mass is 326 g/mol. The zero-order valence-corrected chi connectivity index (χ0v) is 13.0. The third-order valence-corrected chi connectivity index (χ3v) is 4.16. The predicted molar refractivity (Wildman–Crippen MR) is 80.0 cm³/mol. The van der Waals surface area contributed by atoms with Gasteiger partial charge in [0.1, 0.15) is 4.49 Å². The van der Waals surface area contributed by atoms with Crippen molar-refractivity contribution in [3.63, 3.8) is 0 Å². The number of aromatic carboxylic acids is 1. The van der Waals surface area contributed by atoms with Gasteiger partial charge in [0.05, 0.1) is 11.9 Å². The maximum atomic E-state index is 12.3. The molecular weight excluding hydrogens is 313 g/mol. The lowest BCUT2D eigenvalue weighted by molar-refractivity contribution is -0.254. The van der Waals surface area contributed by atoms with E-state index in [4.69, 9.17) is 23.2 Å². The molecule has 1 aromatic carbocycles. The van der Waals surface area contributed by atoms with Crippen LogP contribution in [0.5, 0.6) is 0 Å². The standard InChI is InChI=1S/C15H15Cl2NO3/c1-15(2)9(7-11(16)17)12(15)13(19)18-10-6-4-3-5-8(10)14(20)21/h3-7,9,12H,1-2H3,(H,18,19)(H,20,21)/p-1/t9-,12-/m0/s1. The molecule has 1 aliphatic rings. The van der Waals surface area contributed by atoms with E-state index in [9.17, 15) is 14.7 Å². The summed E-state index contributed by atoms with van der Waals surface area (Å²) in [5.74, 6) is -1.97. The molecule has 112 valence electrons. The summed E-state index contributed by atoms with van der Waals surface area (Å²) >= 11 is 11.3. The number of para-hydroxylation sites is 1. The zero-order chi connectivity index (χ0) is 15.8. The van der Waals surface area contributed by atoms with Gasteiger partial charge in [-0.05, 0) is 23.5 Å². The predicted octanol–water partition coefficient (Wildman–Crippen LogP) is 2.58. The molecule has 2 rings (SSSR count). The van der Waals surface area contributed by atoms with Gasteiger partial charge < -0.3 is 15.2 Å². The van der Waals surface area contributed by atoms with Gasteiger partial charge in [-0.2, -0.15) is 0 Å². The van der Waals surface area contributed by atoms with Crippen LogP contribution in [0.4, 0.5) is 5.69 Å². The number of carbonyl (C=O) groups is 2. The largest absolute Gasteiger partial charge is 0.545 e. The first-order chi connectivity index (χ1) is 9.75. The Kier molecular flexibility index (Phi) is 4.30. The summed E-state index contributed by atoms with van der Waals surface area (Å²) in [5, 5.41) is 13.7. The van der Waals surface area contributed by atoms with E-state index >= 15 is 0 Å². The maximum Gasteiger partial charge on any atom is 0.228 e. The molecule has 0 aromatic heterocycles. The van der Waals surface area contributed by atoms with E-state index in [0.29, 0.717) is 0 Å². The summed E-state index contributed by atoms with van der Waals surface area (Å²) in [6, 6.07) is 6.13. The minimum atomic E-state index is -1.33. The van der Waals surface area contributed by atoms with Crippen molar-refractivity contribution in [2.45, 2.75) is 13.8 Å². The Morgan fingerprint density at radius 2 is 1.90 bits per heavy atom. The van der Waals surface area contributed by atoms with E-state index in [1.54, 1.807) is 18.2 Å². The Morgan fingerprint density at radius 1 is 1.29 bits per heavy atom. The summed E-state index contributed by atoms with van der Waals surface area (Å²) in [6.07, 6.45) is 1.64. The van der Waals surface area contributed by atoms with Crippen LogP contribution in [0.2, 0.25) is 0 Å². The van der Waals surface area contributed by atoms with E-state index in [2.05, 4.69) is 5.32 Å². The molecule has 1 amide bonds. The van der Waals surface area contributed by atoms with Crippen molar-refractivity contribution in [1.29, 1.82) is 0 Å². The summed E-state index contributed by atoms with van der Waals surface area (Å²) < 4.78 is 0.124. The van der Waals surface area contributed by atoms with Gasteiger partial charge >= 0.3 is 0 Å². The van der Waals surface area contributed by atoms with Gasteiger partial charge in [0.2, 0.25) is 5.91 Å². The van der Waals surface area contributed by atoms with Crippen molar-refractivity contribution in [3.8, 4) is 0 Å².